The van der Waals surface area contributed by atoms with Crippen LogP contribution in [-0.2, 0) is 21.4 Å². The topological polar surface area (TPSA) is 105 Å². The standard InChI is InChI=1S/C29H30ClN3O6S2/c1-38-21-9-5-18(6-10-21)15-32-16-20-17-33(41(36,37)26-12-11-25(30)40-26)14-13-24(20)39-27-22(29(32)35)3-2-4-23(27)31-28(34)19-7-8-19/h2-6,9-12,19-20,24H,7-8,13-17H2,1H3,(H,31,34)/t20-,24+/m1/s1. The van der Waals surface area contributed by atoms with E-state index in [0.29, 0.717) is 46.6 Å². The van der Waals surface area contributed by atoms with Gasteiger partial charge in [0.2, 0.25) is 5.91 Å². The van der Waals surface area contributed by atoms with Gasteiger partial charge in [0.25, 0.3) is 15.9 Å². The van der Waals surface area contributed by atoms with Crippen LogP contribution in [0, 0.1) is 11.8 Å². The Kier molecular flexibility index (Phi) is 7.71. The van der Waals surface area contributed by atoms with E-state index >= 15 is 0 Å². The third kappa shape index (κ3) is 5.81. The van der Waals surface area contributed by atoms with Crippen LogP contribution in [0.4, 0.5) is 5.69 Å². The van der Waals surface area contributed by atoms with Gasteiger partial charge in [-0.3, -0.25) is 9.59 Å². The van der Waals surface area contributed by atoms with Crippen molar-refractivity contribution in [3.8, 4) is 11.5 Å². The number of carbonyl (C=O) groups excluding carboxylic acids is 2. The monoisotopic (exact) mass is 615 g/mol. The number of carbonyl (C=O) groups is 2. The number of nitrogens with zero attached hydrogens (tertiary/aromatic N) is 2. The summed E-state index contributed by atoms with van der Waals surface area (Å²) in [6, 6.07) is 15.8. The highest BCUT2D eigenvalue weighted by Gasteiger charge is 2.41. The number of benzene rings is 2. The van der Waals surface area contributed by atoms with Gasteiger partial charge in [-0.2, -0.15) is 4.31 Å². The minimum Gasteiger partial charge on any atom is -0.497 e. The first-order valence-corrected chi connectivity index (χ1v) is 16.1. The largest absolute Gasteiger partial charge is 0.497 e. The van der Waals surface area contributed by atoms with Crippen molar-refractivity contribution in [2.45, 2.75) is 36.1 Å². The molecule has 3 aromatic rings. The third-order valence-corrected chi connectivity index (χ3v) is 11.3. The fourth-order valence-corrected chi connectivity index (χ4v) is 8.52. The van der Waals surface area contributed by atoms with E-state index in [2.05, 4.69) is 5.32 Å². The number of amides is 2. The summed E-state index contributed by atoms with van der Waals surface area (Å²) in [7, 11) is -2.16. The molecule has 2 amide bonds. The van der Waals surface area contributed by atoms with Crippen LogP contribution in [0.15, 0.2) is 58.8 Å². The normalized spacial score (nSPS) is 21.2. The van der Waals surface area contributed by atoms with Gasteiger partial charge in [-0.05, 0) is 61.2 Å². The fourth-order valence-electron chi connectivity index (χ4n) is 5.38. The molecule has 216 valence electrons. The van der Waals surface area contributed by atoms with Crippen LogP contribution >= 0.6 is 22.9 Å². The Labute approximate surface area is 248 Å². The van der Waals surface area contributed by atoms with Gasteiger partial charge in [-0.15, -0.1) is 11.3 Å². The van der Waals surface area contributed by atoms with E-state index in [1.54, 1.807) is 36.3 Å². The van der Waals surface area contributed by atoms with Gasteiger partial charge in [-0.1, -0.05) is 29.8 Å². The van der Waals surface area contributed by atoms with Crippen molar-refractivity contribution in [1.29, 1.82) is 0 Å². The number of methoxy groups -OCH3 is 1. The molecule has 0 spiro atoms. The lowest BCUT2D eigenvalue weighted by atomic mass is 9.93. The van der Waals surface area contributed by atoms with Crippen molar-refractivity contribution in [1.82, 2.24) is 9.21 Å². The Morgan fingerprint density at radius 1 is 1.10 bits per heavy atom. The molecule has 3 aliphatic rings. The molecule has 1 aliphatic carbocycles. The highest BCUT2D eigenvalue weighted by molar-refractivity contribution is 7.91. The molecule has 1 saturated heterocycles. The quantitative estimate of drug-likeness (QED) is 0.407. The predicted molar refractivity (Wildman–Crippen MR) is 156 cm³/mol. The molecule has 2 aliphatic heterocycles. The van der Waals surface area contributed by atoms with E-state index in [9.17, 15) is 18.0 Å². The minimum atomic E-state index is -3.76. The van der Waals surface area contributed by atoms with E-state index in [1.165, 1.54) is 10.4 Å². The van der Waals surface area contributed by atoms with Gasteiger partial charge in [0.1, 0.15) is 16.1 Å². The Morgan fingerprint density at radius 2 is 1.88 bits per heavy atom. The van der Waals surface area contributed by atoms with Crippen molar-refractivity contribution in [2.75, 3.05) is 32.1 Å². The number of rotatable bonds is 7. The number of hydrogen-bond acceptors (Lipinski definition) is 7. The summed E-state index contributed by atoms with van der Waals surface area (Å²) >= 11 is 7.07. The highest BCUT2D eigenvalue weighted by Crippen LogP contribution is 2.39. The van der Waals surface area contributed by atoms with Crippen molar-refractivity contribution in [2.24, 2.45) is 11.8 Å². The van der Waals surface area contributed by atoms with Gasteiger partial charge in [0.05, 0.1) is 22.7 Å². The van der Waals surface area contributed by atoms with Gasteiger partial charge in [0.15, 0.2) is 5.75 Å². The second kappa shape index (κ2) is 11.3. The van der Waals surface area contributed by atoms with Gasteiger partial charge < -0.3 is 19.7 Å². The van der Waals surface area contributed by atoms with E-state index in [1.807, 2.05) is 24.3 Å². The number of sulfonamides is 1. The Balaban J connectivity index is 1.34. The molecule has 41 heavy (non-hydrogen) atoms. The number of halogens is 1. The van der Waals surface area contributed by atoms with E-state index in [-0.39, 0.29) is 47.1 Å². The van der Waals surface area contributed by atoms with Gasteiger partial charge in [-0.25, -0.2) is 8.42 Å². The zero-order chi connectivity index (χ0) is 28.7. The molecule has 1 N–H and O–H groups in total. The zero-order valence-electron chi connectivity index (χ0n) is 22.4. The van der Waals surface area contributed by atoms with Crippen molar-refractivity contribution >= 4 is 50.5 Å². The van der Waals surface area contributed by atoms with Crippen LogP contribution in [0.1, 0.15) is 35.2 Å². The van der Waals surface area contributed by atoms with Crippen LogP contribution < -0.4 is 14.8 Å². The molecular formula is C29H30ClN3O6S2. The maximum Gasteiger partial charge on any atom is 0.258 e. The molecule has 3 heterocycles. The summed E-state index contributed by atoms with van der Waals surface area (Å²) in [5.74, 6) is 0.386. The molecule has 2 aromatic carbocycles. The molecule has 1 aromatic heterocycles. The fraction of sp³-hybridized carbons (Fsp3) is 0.379. The lowest BCUT2D eigenvalue weighted by Gasteiger charge is -2.42. The first-order valence-electron chi connectivity index (χ1n) is 13.5. The van der Waals surface area contributed by atoms with Crippen LogP contribution in [0.25, 0.3) is 0 Å². The average molecular weight is 616 g/mol. The lowest BCUT2D eigenvalue weighted by molar-refractivity contribution is -0.117. The molecule has 2 fully saturated rings. The molecule has 0 radical (unpaired) electrons. The molecule has 12 heteroatoms. The molecule has 9 nitrogen and oxygen atoms in total. The first kappa shape index (κ1) is 28.0. The van der Waals surface area contributed by atoms with Crippen molar-refractivity contribution in [3.05, 3.63) is 70.1 Å². The third-order valence-electron chi connectivity index (χ3n) is 7.76. The zero-order valence-corrected chi connectivity index (χ0v) is 24.8. The summed E-state index contributed by atoms with van der Waals surface area (Å²) < 4.78 is 40.8. The number of hydrogen-bond donors (Lipinski definition) is 1. The molecule has 0 unspecified atom stereocenters. The summed E-state index contributed by atoms with van der Waals surface area (Å²) in [4.78, 5) is 28.5. The molecule has 0 bridgehead atoms. The number of para-hydroxylation sites is 1. The Hall–Kier alpha value is -3.12. The number of ether oxygens (including phenoxy) is 2. The maximum atomic E-state index is 14.0. The SMILES string of the molecule is COc1ccc(CN2C[C@@H]3CN(S(=O)(=O)c4ccc(Cl)s4)CC[C@@H]3Oc3c(NC(=O)C4CC4)cccc3C2=O)cc1. The average Bonchev–Trinajstić information content (AvgIpc) is 3.73. The summed E-state index contributed by atoms with van der Waals surface area (Å²) in [5.41, 5.74) is 1.74. The number of fused-ring (bicyclic) bond motifs is 2. The van der Waals surface area contributed by atoms with Crippen LogP contribution in [-0.4, -0.2) is 62.3 Å². The molecular weight excluding hydrogens is 586 g/mol. The lowest BCUT2D eigenvalue weighted by Crippen LogP contribution is -2.53. The van der Waals surface area contributed by atoms with E-state index in [4.69, 9.17) is 21.1 Å². The van der Waals surface area contributed by atoms with Crippen molar-refractivity contribution < 1.29 is 27.5 Å². The summed E-state index contributed by atoms with van der Waals surface area (Å²) in [6.45, 7) is 1.06. The summed E-state index contributed by atoms with van der Waals surface area (Å²) in [6.07, 6.45) is 1.76. The predicted octanol–water partition coefficient (Wildman–Crippen LogP) is 4.87. The number of thiophene rings is 1. The number of piperidine rings is 1. The molecule has 6 rings (SSSR count). The van der Waals surface area contributed by atoms with Crippen LogP contribution in [0.2, 0.25) is 4.34 Å². The second-order valence-electron chi connectivity index (χ2n) is 10.6. The van der Waals surface area contributed by atoms with Gasteiger partial charge in [0, 0.05) is 38.0 Å². The smallest absolute Gasteiger partial charge is 0.258 e. The van der Waals surface area contributed by atoms with E-state index < -0.39 is 10.0 Å². The highest BCUT2D eigenvalue weighted by atomic mass is 35.5. The second-order valence-corrected chi connectivity index (χ2v) is 14.5. The number of anilines is 1. The maximum absolute atomic E-state index is 14.0. The van der Waals surface area contributed by atoms with Gasteiger partial charge >= 0.3 is 0 Å². The summed E-state index contributed by atoms with van der Waals surface area (Å²) in [5, 5.41) is 2.96. The van der Waals surface area contributed by atoms with Crippen LogP contribution in [0.3, 0.4) is 0 Å². The molecule has 1 saturated carbocycles. The first-order chi connectivity index (χ1) is 19.7. The van der Waals surface area contributed by atoms with E-state index in [0.717, 1.165) is 29.7 Å². The number of nitrogens with one attached hydrogen (secondary N) is 1. The molecule has 2 atom stereocenters. The minimum absolute atomic E-state index is 0.0198. The van der Waals surface area contributed by atoms with Crippen LogP contribution in [0.5, 0.6) is 11.5 Å². The Morgan fingerprint density at radius 3 is 2.56 bits per heavy atom. The Bertz CT molecular complexity index is 1570. The van der Waals surface area contributed by atoms with Crippen molar-refractivity contribution in [3.63, 3.8) is 0 Å².